The van der Waals surface area contributed by atoms with Gasteiger partial charge in [0.05, 0.1) is 12.2 Å². The fraction of sp³-hybridized carbons (Fsp3) is 0.200. The van der Waals surface area contributed by atoms with Gasteiger partial charge in [0.25, 0.3) is 0 Å². The van der Waals surface area contributed by atoms with E-state index in [0.29, 0.717) is 45.7 Å². The minimum Gasteiger partial charge on any atom is -0.440 e. The lowest BCUT2D eigenvalue weighted by molar-refractivity contribution is 0.0279. The second-order valence-electron chi connectivity index (χ2n) is 10.5. The summed E-state index contributed by atoms with van der Waals surface area (Å²) in [6, 6.07) is 27.8. The maximum Gasteiger partial charge on any atom is 0.346 e. The Balaban J connectivity index is 1.72. The molecule has 16 heteroatoms. The monoisotopic (exact) mass is 685 g/mol. The molecule has 0 spiro atoms. The summed E-state index contributed by atoms with van der Waals surface area (Å²) in [5.41, 5.74) is 26.2. The number of anilines is 4. The van der Waals surface area contributed by atoms with E-state index in [1.54, 1.807) is 97.1 Å². The van der Waals surface area contributed by atoms with E-state index >= 15 is 0 Å². The molecule has 0 aliphatic carbocycles. The van der Waals surface area contributed by atoms with Crippen LogP contribution in [0.3, 0.4) is 0 Å². The number of rotatable bonds is 12. The molecule has 244 valence electrons. The molecule has 1 heterocycles. The van der Waals surface area contributed by atoms with E-state index in [4.69, 9.17) is 55.2 Å². The Bertz CT molecular complexity index is 1620. The van der Waals surface area contributed by atoms with Gasteiger partial charge in [0.15, 0.2) is 0 Å². The van der Waals surface area contributed by atoms with E-state index in [1.807, 2.05) is 27.7 Å². The highest BCUT2D eigenvalue weighted by atomic mass is 31.3. The lowest BCUT2D eigenvalue weighted by Crippen LogP contribution is -2.36. The molecule has 4 aromatic rings. The van der Waals surface area contributed by atoms with Gasteiger partial charge in [-0.1, -0.05) is 0 Å². The average Bonchev–Trinajstić information content (AvgIpc) is 3.00. The molecule has 0 bridgehead atoms. The fourth-order valence-corrected chi connectivity index (χ4v) is 11.8. The third-order valence-electron chi connectivity index (χ3n) is 5.81. The second kappa shape index (κ2) is 14.8. The molecule has 1 aliphatic heterocycles. The number of nitrogen functional groups attached to an aromatic ring is 4. The van der Waals surface area contributed by atoms with Crippen molar-refractivity contribution in [3.05, 3.63) is 97.1 Å². The Kier molecular flexibility index (Phi) is 10.8. The summed E-state index contributed by atoms with van der Waals surface area (Å²) in [7, 11) is -7.71. The number of nitrogens with two attached hydrogens (primary N) is 4. The third-order valence-corrected chi connectivity index (χ3v) is 13.2. The van der Waals surface area contributed by atoms with Crippen LogP contribution in [0, 0.1) is 0 Å². The Morgan fingerprint density at radius 1 is 0.543 bits per heavy atom. The lowest BCUT2D eigenvalue weighted by atomic mass is 10.3. The van der Waals surface area contributed by atoms with E-state index in [2.05, 4.69) is 0 Å². The summed E-state index contributed by atoms with van der Waals surface area (Å²) < 4.78 is 34.7. The van der Waals surface area contributed by atoms with Crippen LogP contribution in [0.25, 0.3) is 0 Å². The SMILES string of the molecule is CC(C)OP1(OC(C)C)=NP(Oc2ccc(N)cc2)N(Oc2ccc(N)cc2)P(Oc2ccc(N)cc2)N1Oc1ccc(N)cc1. The maximum absolute atomic E-state index is 6.72. The predicted octanol–water partition coefficient (Wildman–Crippen LogP) is 8.33. The third kappa shape index (κ3) is 8.51. The Labute approximate surface area is 271 Å². The van der Waals surface area contributed by atoms with Gasteiger partial charge < -0.3 is 50.7 Å². The molecular weight excluding hydrogens is 647 g/mol. The lowest BCUT2D eigenvalue weighted by Gasteiger charge is -2.45. The minimum absolute atomic E-state index is 0.334. The summed E-state index contributed by atoms with van der Waals surface area (Å²) in [5, 5.41) is 0. The maximum atomic E-state index is 6.72. The second-order valence-corrected chi connectivity index (χ2v) is 16.1. The molecule has 1 aliphatic rings. The first-order chi connectivity index (χ1) is 22.0. The largest absolute Gasteiger partial charge is 0.440 e. The summed E-state index contributed by atoms with van der Waals surface area (Å²) in [5.74, 6) is 1.88. The van der Waals surface area contributed by atoms with Crippen molar-refractivity contribution < 1.29 is 27.8 Å². The quantitative estimate of drug-likeness (QED) is 0.0829. The first-order valence-corrected chi connectivity index (χ1v) is 18.2. The Hall–Kier alpha value is -3.79. The van der Waals surface area contributed by atoms with Gasteiger partial charge in [-0.2, -0.15) is 4.52 Å². The van der Waals surface area contributed by atoms with Gasteiger partial charge >= 0.3 is 24.6 Å². The summed E-state index contributed by atoms with van der Waals surface area (Å²) >= 11 is 0. The Morgan fingerprint density at radius 3 is 1.33 bits per heavy atom. The molecule has 2 unspecified atom stereocenters. The highest BCUT2D eigenvalue weighted by molar-refractivity contribution is 7.78. The van der Waals surface area contributed by atoms with Crippen molar-refractivity contribution in [3.63, 3.8) is 0 Å². The molecule has 8 N–H and O–H groups in total. The van der Waals surface area contributed by atoms with Crippen LogP contribution in [0.15, 0.2) is 102 Å². The average molecular weight is 686 g/mol. The predicted molar refractivity (Wildman–Crippen MR) is 185 cm³/mol. The van der Waals surface area contributed by atoms with E-state index in [9.17, 15) is 0 Å². The summed E-state index contributed by atoms with van der Waals surface area (Å²) in [6.45, 7) is 7.58. The molecule has 0 saturated heterocycles. The zero-order valence-corrected chi connectivity index (χ0v) is 28.5. The van der Waals surface area contributed by atoms with Crippen LogP contribution in [-0.2, 0) is 9.05 Å². The van der Waals surface area contributed by atoms with E-state index in [0.717, 1.165) is 0 Å². The van der Waals surface area contributed by atoms with Crippen LogP contribution >= 0.6 is 24.6 Å². The van der Waals surface area contributed by atoms with Crippen molar-refractivity contribution in [1.29, 1.82) is 0 Å². The van der Waals surface area contributed by atoms with Gasteiger partial charge in [-0.3, -0.25) is 0 Å². The number of benzene rings is 4. The molecule has 0 amide bonds. The highest BCUT2D eigenvalue weighted by Crippen LogP contribution is 2.79. The van der Waals surface area contributed by atoms with Crippen LogP contribution in [0.5, 0.6) is 23.0 Å². The Morgan fingerprint density at radius 2 is 0.913 bits per heavy atom. The number of hydrogen-bond acceptors (Lipinski definition) is 13. The van der Waals surface area contributed by atoms with Gasteiger partial charge in [-0.15, -0.1) is 0 Å². The van der Waals surface area contributed by atoms with E-state index in [-0.39, 0.29) is 12.2 Å². The zero-order chi connectivity index (χ0) is 32.8. The summed E-state index contributed by atoms with van der Waals surface area (Å²) in [4.78, 5) is 13.1. The van der Waals surface area contributed by atoms with Crippen molar-refractivity contribution in [2.45, 2.75) is 39.9 Å². The van der Waals surface area contributed by atoms with Gasteiger partial charge in [-0.25, -0.2) is 0 Å². The molecule has 0 aromatic heterocycles. The van der Waals surface area contributed by atoms with Crippen LogP contribution < -0.4 is 41.7 Å². The topological polar surface area (TPSA) is 178 Å². The van der Waals surface area contributed by atoms with Crippen molar-refractivity contribution in [1.82, 2.24) is 9.21 Å². The van der Waals surface area contributed by atoms with Crippen LogP contribution in [0.1, 0.15) is 27.7 Å². The molecule has 0 radical (unpaired) electrons. The molecule has 46 heavy (non-hydrogen) atoms. The molecule has 0 fully saturated rings. The number of nitrogens with zero attached hydrogens (tertiary/aromatic N) is 3. The summed E-state index contributed by atoms with van der Waals surface area (Å²) in [6.07, 6.45) is -0.667. The molecule has 13 nitrogen and oxygen atoms in total. The normalized spacial score (nSPS) is 18.2. The fourth-order valence-electron chi connectivity index (χ4n) is 3.86. The smallest absolute Gasteiger partial charge is 0.346 e. The van der Waals surface area contributed by atoms with Gasteiger partial charge in [0.2, 0.25) is 0 Å². The van der Waals surface area contributed by atoms with Gasteiger partial charge in [0.1, 0.15) is 23.0 Å². The molecular formula is C30H38N7O6P3. The van der Waals surface area contributed by atoms with Crippen molar-refractivity contribution in [2.24, 2.45) is 4.52 Å². The molecule has 4 aromatic carbocycles. The molecule has 2 atom stereocenters. The van der Waals surface area contributed by atoms with E-state index < -0.39 is 24.6 Å². The standard InChI is InChI=1S/C30H38N7O6P3/c1-21(2)42-46(43-22(3)4)35-44(40-29-17-9-25(33)10-18-29)36(38-27-13-5-23(31)6-14-27)45(41-30-19-11-26(34)12-20-30)37(46)39-28-15-7-24(32)8-16-28/h5-22H,31-34H2,1-4H3. The molecule has 5 rings (SSSR count). The zero-order valence-electron chi connectivity index (χ0n) is 25.8. The highest BCUT2D eigenvalue weighted by Gasteiger charge is 2.56. The van der Waals surface area contributed by atoms with Gasteiger partial charge in [-0.05, 0) is 125 Å². The van der Waals surface area contributed by atoms with Crippen LogP contribution in [0.4, 0.5) is 22.7 Å². The van der Waals surface area contributed by atoms with Crippen molar-refractivity contribution in [2.75, 3.05) is 22.9 Å². The first kappa shape index (κ1) is 33.6. The molecule has 0 saturated carbocycles. The van der Waals surface area contributed by atoms with Gasteiger partial charge in [0, 0.05) is 32.0 Å². The first-order valence-electron chi connectivity index (χ1n) is 14.3. The van der Waals surface area contributed by atoms with Crippen LogP contribution in [0.2, 0.25) is 0 Å². The number of hydrogen-bond donors (Lipinski definition) is 4. The minimum atomic E-state index is -3.52. The van der Waals surface area contributed by atoms with E-state index in [1.165, 1.54) is 9.21 Å². The van der Waals surface area contributed by atoms with Crippen LogP contribution in [-0.4, -0.2) is 21.4 Å². The van der Waals surface area contributed by atoms with Crippen molar-refractivity contribution >= 4 is 47.3 Å². The van der Waals surface area contributed by atoms with Crippen molar-refractivity contribution in [3.8, 4) is 23.0 Å².